The molecule has 26 heavy (non-hydrogen) atoms. The van der Waals surface area contributed by atoms with Crippen LogP contribution < -0.4 is 15.4 Å². The maximum Gasteiger partial charge on any atom is 0.293 e. The highest BCUT2D eigenvalue weighted by Gasteiger charge is 2.12. The van der Waals surface area contributed by atoms with Crippen molar-refractivity contribution in [1.82, 2.24) is 15.5 Å². The van der Waals surface area contributed by atoms with Crippen LogP contribution in [0, 0.1) is 0 Å². The van der Waals surface area contributed by atoms with Gasteiger partial charge in [0.15, 0.2) is 5.76 Å². The zero-order valence-electron chi connectivity index (χ0n) is 13.9. The first-order valence-electron chi connectivity index (χ1n) is 7.75. The van der Waals surface area contributed by atoms with E-state index in [1.54, 1.807) is 43.5 Å². The van der Waals surface area contributed by atoms with E-state index in [0.29, 0.717) is 34.4 Å². The number of hydrogen-bond acceptors (Lipinski definition) is 7. The Morgan fingerprint density at radius 2 is 2.08 bits per heavy atom. The van der Waals surface area contributed by atoms with Crippen LogP contribution in [0.25, 0.3) is 0 Å². The molecule has 0 saturated carbocycles. The SMILES string of the molecule is COc1cccc(C(=O)NCCc2nnc(NC(=O)c3ccco3)s2)c1. The average Bonchev–Trinajstić information content (AvgIpc) is 3.34. The molecule has 0 radical (unpaired) electrons. The predicted octanol–water partition coefficient (Wildman–Crippen LogP) is 2.36. The van der Waals surface area contributed by atoms with Gasteiger partial charge < -0.3 is 14.5 Å². The Hall–Kier alpha value is -3.20. The van der Waals surface area contributed by atoms with Gasteiger partial charge in [0.2, 0.25) is 5.13 Å². The lowest BCUT2D eigenvalue weighted by molar-refractivity contribution is 0.0952. The number of carbonyl (C=O) groups excluding carboxylic acids is 2. The molecule has 9 heteroatoms. The van der Waals surface area contributed by atoms with Crippen LogP contribution in [0.15, 0.2) is 47.1 Å². The van der Waals surface area contributed by atoms with Gasteiger partial charge in [-0.2, -0.15) is 0 Å². The van der Waals surface area contributed by atoms with E-state index in [1.165, 1.54) is 17.6 Å². The molecule has 8 nitrogen and oxygen atoms in total. The Morgan fingerprint density at radius 3 is 2.85 bits per heavy atom. The molecule has 2 heterocycles. The van der Waals surface area contributed by atoms with Crippen molar-refractivity contribution >= 4 is 28.3 Å². The summed E-state index contributed by atoms with van der Waals surface area (Å²) in [6.07, 6.45) is 1.93. The molecular formula is C17H16N4O4S. The molecule has 0 aliphatic carbocycles. The second-order valence-electron chi connectivity index (χ2n) is 5.17. The predicted molar refractivity (Wildman–Crippen MR) is 95.6 cm³/mol. The van der Waals surface area contributed by atoms with E-state index >= 15 is 0 Å². The maximum absolute atomic E-state index is 12.1. The molecule has 1 aromatic carbocycles. The minimum atomic E-state index is -0.385. The van der Waals surface area contributed by atoms with Crippen molar-refractivity contribution < 1.29 is 18.7 Å². The Labute approximate surface area is 153 Å². The van der Waals surface area contributed by atoms with Crippen molar-refractivity contribution in [3.8, 4) is 5.75 Å². The number of carbonyl (C=O) groups is 2. The second kappa shape index (κ2) is 8.26. The number of benzene rings is 1. The van der Waals surface area contributed by atoms with E-state index in [2.05, 4.69) is 20.8 Å². The maximum atomic E-state index is 12.1. The van der Waals surface area contributed by atoms with Crippen LogP contribution in [0.2, 0.25) is 0 Å². The van der Waals surface area contributed by atoms with E-state index in [4.69, 9.17) is 9.15 Å². The Bertz CT molecular complexity index is 892. The van der Waals surface area contributed by atoms with Crippen LogP contribution in [0.1, 0.15) is 25.9 Å². The number of furan rings is 1. The monoisotopic (exact) mass is 372 g/mol. The summed E-state index contributed by atoms with van der Waals surface area (Å²) in [6.45, 7) is 0.400. The quantitative estimate of drug-likeness (QED) is 0.659. The van der Waals surface area contributed by atoms with Gasteiger partial charge in [-0.15, -0.1) is 10.2 Å². The molecule has 0 unspecified atom stereocenters. The van der Waals surface area contributed by atoms with Gasteiger partial charge in [-0.3, -0.25) is 14.9 Å². The van der Waals surface area contributed by atoms with Crippen molar-refractivity contribution in [3.05, 3.63) is 59.0 Å². The van der Waals surface area contributed by atoms with Crippen molar-refractivity contribution in [3.63, 3.8) is 0 Å². The standard InChI is InChI=1S/C17H16N4O4S/c1-24-12-5-2-4-11(10-12)15(22)18-8-7-14-20-21-17(26-14)19-16(23)13-6-3-9-25-13/h2-6,9-10H,7-8H2,1H3,(H,18,22)(H,19,21,23). The fourth-order valence-corrected chi connectivity index (χ4v) is 2.86. The first-order valence-corrected chi connectivity index (χ1v) is 8.57. The van der Waals surface area contributed by atoms with Gasteiger partial charge in [-0.05, 0) is 30.3 Å². The van der Waals surface area contributed by atoms with E-state index in [0.717, 1.165) is 0 Å². The first-order chi connectivity index (χ1) is 12.7. The summed E-state index contributed by atoms with van der Waals surface area (Å²) in [5.41, 5.74) is 0.521. The number of hydrogen-bond donors (Lipinski definition) is 2. The highest BCUT2D eigenvalue weighted by atomic mass is 32.1. The topological polar surface area (TPSA) is 106 Å². The summed E-state index contributed by atoms with van der Waals surface area (Å²) >= 11 is 1.24. The first kappa shape index (κ1) is 17.6. The number of anilines is 1. The second-order valence-corrected chi connectivity index (χ2v) is 6.23. The number of nitrogens with zero attached hydrogens (tertiary/aromatic N) is 2. The molecule has 0 aliphatic heterocycles. The molecule has 0 spiro atoms. The molecule has 0 atom stereocenters. The number of aromatic nitrogens is 2. The third-order valence-corrected chi connectivity index (χ3v) is 4.29. The van der Waals surface area contributed by atoms with E-state index in [9.17, 15) is 9.59 Å². The van der Waals surface area contributed by atoms with E-state index in [1.807, 2.05) is 0 Å². The highest BCUT2D eigenvalue weighted by molar-refractivity contribution is 7.15. The number of rotatable bonds is 7. The number of amides is 2. The molecule has 2 amide bonds. The largest absolute Gasteiger partial charge is 0.497 e. The summed E-state index contributed by atoms with van der Waals surface area (Å²) in [4.78, 5) is 24.0. The van der Waals surface area contributed by atoms with Crippen LogP contribution in [0.3, 0.4) is 0 Å². The Kier molecular flexibility index (Phi) is 5.59. The summed E-state index contributed by atoms with van der Waals surface area (Å²) in [5.74, 6) is 0.245. The van der Waals surface area contributed by atoms with Gasteiger partial charge in [0, 0.05) is 18.5 Å². The lowest BCUT2D eigenvalue weighted by Crippen LogP contribution is -2.25. The van der Waals surface area contributed by atoms with Gasteiger partial charge >= 0.3 is 0 Å². The van der Waals surface area contributed by atoms with Gasteiger partial charge in [-0.1, -0.05) is 17.4 Å². The van der Waals surface area contributed by atoms with E-state index in [-0.39, 0.29) is 17.6 Å². The summed E-state index contributed by atoms with van der Waals surface area (Å²) < 4.78 is 10.1. The molecule has 3 rings (SSSR count). The summed E-state index contributed by atoms with van der Waals surface area (Å²) in [5, 5.41) is 14.4. The highest BCUT2D eigenvalue weighted by Crippen LogP contribution is 2.17. The molecule has 3 aromatic rings. The molecule has 0 saturated heterocycles. The number of nitrogens with one attached hydrogen (secondary N) is 2. The van der Waals surface area contributed by atoms with Gasteiger partial charge in [0.25, 0.3) is 11.8 Å². The summed E-state index contributed by atoms with van der Waals surface area (Å²) in [6, 6.07) is 10.1. The van der Waals surface area contributed by atoms with Crippen LogP contribution in [0.4, 0.5) is 5.13 Å². The lowest BCUT2D eigenvalue weighted by Gasteiger charge is -2.05. The minimum absolute atomic E-state index is 0.195. The Balaban J connectivity index is 1.48. The fraction of sp³-hybridized carbons (Fsp3) is 0.176. The third kappa shape index (κ3) is 4.45. The lowest BCUT2D eigenvalue weighted by atomic mass is 10.2. The fourth-order valence-electron chi connectivity index (χ4n) is 2.12. The Morgan fingerprint density at radius 1 is 1.19 bits per heavy atom. The van der Waals surface area contributed by atoms with Crippen molar-refractivity contribution in [2.24, 2.45) is 0 Å². The number of methoxy groups -OCH3 is 1. The molecule has 0 bridgehead atoms. The summed E-state index contributed by atoms with van der Waals surface area (Å²) in [7, 11) is 1.55. The van der Waals surface area contributed by atoms with Crippen LogP contribution >= 0.6 is 11.3 Å². The third-order valence-electron chi connectivity index (χ3n) is 3.39. The van der Waals surface area contributed by atoms with Crippen molar-refractivity contribution in [2.45, 2.75) is 6.42 Å². The van der Waals surface area contributed by atoms with Crippen LogP contribution in [0.5, 0.6) is 5.75 Å². The minimum Gasteiger partial charge on any atom is -0.497 e. The van der Waals surface area contributed by atoms with Crippen molar-refractivity contribution in [1.29, 1.82) is 0 Å². The molecule has 0 aliphatic rings. The zero-order chi connectivity index (χ0) is 18.4. The van der Waals surface area contributed by atoms with Gasteiger partial charge in [0.1, 0.15) is 10.8 Å². The molecule has 0 fully saturated rings. The van der Waals surface area contributed by atoms with Crippen LogP contribution in [-0.4, -0.2) is 35.7 Å². The molecule has 134 valence electrons. The van der Waals surface area contributed by atoms with Crippen molar-refractivity contribution in [2.75, 3.05) is 19.0 Å². The molecule has 2 aromatic heterocycles. The zero-order valence-corrected chi connectivity index (χ0v) is 14.7. The van der Waals surface area contributed by atoms with Gasteiger partial charge in [0.05, 0.1) is 13.4 Å². The van der Waals surface area contributed by atoms with Gasteiger partial charge in [-0.25, -0.2) is 0 Å². The normalized spacial score (nSPS) is 10.3. The van der Waals surface area contributed by atoms with E-state index < -0.39 is 0 Å². The molecular weight excluding hydrogens is 356 g/mol. The number of ether oxygens (including phenoxy) is 1. The average molecular weight is 372 g/mol. The van der Waals surface area contributed by atoms with Crippen LogP contribution in [-0.2, 0) is 6.42 Å². The molecule has 2 N–H and O–H groups in total. The smallest absolute Gasteiger partial charge is 0.293 e.